The van der Waals surface area contributed by atoms with Crippen molar-refractivity contribution in [3.8, 4) is 5.75 Å². The Kier molecular flexibility index (Phi) is 7.59. The number of carbonyl (C=O) groups excluding carboxylic acids is 1. The highest BCUT2D eigenvalue weighted by atomic mass is 19.4. The fraction of sp³-hybridized carbons (Fsp3) is 0.381. The Bertz CT molecular complexity index is 1310. The second kappa shape index (κ2) is 10.2. The van der Waals surface area contributed by atoms with Crippen LogP contribution in [0.2, 0.25) is 0 Å². The third kappa shape index (κ3) is 5.72. The molecule has 0 saturated carbocycles. The van der Waals surface area contributed by atoms with E-state index in [0.717, 1.165) is 12.1 Å². The predicted molar refractivity (Wildman–Crippen MR) is 114 cm³/mol. The van der Waals surface area contributed by atoms with E-state index < -0.39 is 83.7 Å². The number of H-pyrrole nitrogens is 1. The van der Waals surface area contributed by atoms with Gasteiger partial charge in [0.25, 0.3) is 5.91 Å². The molecule has 1 aliphatic heterocycles. The van der Waals surface area contributed by atoms with Crippen LogP contribution >= 0.6 is 0 Å². The lowest BCUT2D eigenvalue weighted by Gasteiger charge is -2.41. The molecule has 0 bridgehead atoms. The molecule has 1 atom stereocenters. The van der Waals surface area contributed by atoms with Gasteiger partial charge in [0.1, 0.15) is 17.3 Å². The monoisotopic (exact) mass is 536 g/mol. The fourth-order valence-electron chi connectivity index (χ4n) is 3.72. The van der Waals surface area contributed by atoms with Gasteiger partial charge in [0.2, 0.25) is 0 Å². The molecule has 9 nitrogen and oxygen atoms in total. The number of aromatic nitrogens is 4. The average molecular weight is 536 g/mol. The van der Waals surface area contributed by atoms with Crippen LogP contribution in [0.3, 0.4) is 0 Å². The highest BCUT2D eigenvalue weighted by Crippen LogP contribution is 2.48. The number of allylic oxidation sites excluding steroid dienone is 2. The number of hydrogen-bond donors (Lipinski definition) is 3. The fourth-order valence-corrected chi connectivity index (χ4v) is 3.72. The summed E-state index contributed by atoms with van der Waals surface area (Å²) < 4.78 is 101. The van der Waals surface area contributed by atoms with Crippen molar-refractivity contribution in [3.05, 3.63) is 57.8 Å². The second-order valence-electron chi connectivity index (χ2n) is 7.90. The van der Waals surface area contributed by atoms with Crippen LogP contribution in [-0.4, -0.2) is 50.8 Å². The van der Waals surface area contributed by atoms with Gasteiger partial charge in [-0.3, -0.25) is 4.79 Å². The van der Waals surface area contributed by atoms with E-state index in [2.05, 4.69) is 10.4 Å². The van der Waals surface area contributed by atoms with Crippen molar-refractivity contribution >= 4 is 17.3 Å². The Labute approximate surface area is 203 Å². The van der Waals surface area contributed by atoms with Gasteiger partial charge in [-0.1, -0.05) is 6.08 Å². The van der Waals surface area contributed by atoms with E-state index in [-0.39, 0.29) is 5.75 Å². The zero-order chi connectivity index (χ0) is 27.6. The number of alkyl halides is 6. The zero-order valence-electron chi connectivity index (χ0n) is 18.9. The van der Waals surface area contributed by atoms with Crippen LogP contribution in [0.4, 0.5) is 30.7 Å². The van der Waals surface area contributed by atoms with Gasteiger partial charge in [-0.25, -0.2) is 14.3 Å². The van der Waals surface area contributed by atoms with Crippen molar-refractivity contribution in [2.24, 2.45) is 0 Å². The van der Waals surface area contributed by atoms with Crippen molar-refractivity contribution in [1.29, 1.82) is 5.41 Å². The molecule has 2 aromatic rings. The Balaban J connectivity index is 2.07. The maximum absolute atomic E-state index is 15.1. The molecule has 3 rings (SSSR count). The number of nitrogens with zero attached hydrogens (tertiary/aromatic N) is 3. The van der Waals surface area contributed by atoms with E-state index in [1.807, 2.05) is 5.10 Å². The summed E-state index contributed by atoms with van der Waals surface area (Å²) in [5.41, 5.74) is -7.31. The molecule has 16 heteroatoms. The largest absolute Gasteiger partial charge is 0.493 e. The van der Waals surface area contributed by atoms with Gasteiger partial charge >= 0.3 is 18.0 Å². The number of aromatic amines is 1. The number of hydrogen-bond acceptors (Lipinski definition) is 6. The molecule has 37 heavy (non-hydrogen) atoms. The zero-order valence-corrected chi connectivity index (χ0v) is 18.9. The molecule has 200 valence electrons. The van der Waals surface area contributed by atoms with E-state index >= 15 is 4.39 Å². The standard InChI is InChI=1S/C21H19F7N6O3/c1-2-4-15(29)12-10-19(21(26,27)28,30-17(35)16(12)34-18(36)31-32-33-34)13-6-5-11(9-14(13)22)37-8-3-7-20(23,24)25/h2,4-6,9,29H,3,7-8,10H2,1H3,(H,30,35)(H,31,33,36)/b4-2-,29-15?/t19-/m0/s1. The number of ether oxygens (including phenoxy) is 1. The number of amides is 1. The lowest BCUT2D eigenvalue weighted by molar-refractivity contribution is -0.203. The summed E-state index contributed by atoms with van der Waals surface area (Å²) in [7, 11) is 0. The van der Waals surface area contributed by atoms with E-state index in [1.165, 1.54) is 13.0 Å². The summed E-state index contributed by atoms with van der Waals surface area (Å²) in [4.78, 5) is 25.0. The highest BCUT2D eigenvalue weighted by molar-refractivity contribution is 6.25. The lowest BCUT2D eigenvalue weighted by Crippen LogP contribution is -2.60. The van der Waals surface area contributed by atoms with Crippen molar-refractivity contribution in [1.82, 2.24) is 25.5 Å². The molecule has 0 saturated heterocycles. The lowest BCUT2D eigenvalue weighted by atomic mass is 9.78. The number of carbonyl (C=O) groups is 1. The molecular weight excluding hydrogens is 517 g/mol. The van der Waals surface area contributed by atoms with E-state index in [9.17, 15) is 35.9 Å². The Morgan fingerprint density at radius 3 is 2.49 bits per heavy atom. The summed E-state index contributed by atoms with van der Waals surface area (Å²) in [6.45, 7) is 0.993. The first kappa shape index (κ1) is 27.6. The summed E-state index contributed by atoms with van der Waals surface area (Å²) >= 11 is 0. The number of tetrazole rings is 1. The molecule has 1 aliphatic rings. The van der Waals surface area contributed by atoms with Crippen LogP contribution in [0, 0.1) is 11.2 Å². The molecule has 0 unspecified atom stereocenters. The van der Waals surface area contributed by atoms with E-state index in [1.54, 1.807) is 5.32 Å². The van der Waals surface area contributed by atoms with Gasteiger partial charge in [0, 0.05) is 30.0 Å². The van der Waals surface area contributed by atoms with Gasteiger partial charge in [0.15, 0.2) is 5.54 Å². The van der Waals surface area contributed by atoms with Crippen LogP contribution in [-0.2, 0) is 10.3 Å². The first-order chi connectivity index (χ1) is 17.2. The van der Waals surface area contributed by atoms with E-state index in [0.29, 0.717) is 16.8 Å². The summed E-state index contributed by atoms with van der Waals surface area (Å²) in [6, 6.07) is 2.16. The maximum Gasteiger partial charge on any atom is 0.416 e. The SMILES string of the molecule is C/C=C\C(=N)C1=C(n2nn[nH]c2=O)C(=O)N[C@@](c2ccc(OCCCC(F)(F)F)cc2F)(C(F)(F)F)C1. The van der Waals surface area contributed by atoms with Crippen LogP contribution in [0.15, 0.2) is 40.7 Å². The average Bonchev–Trinajstić information content (AvgIpc) is 3.20. The number of rotatable bonds is 8. The molecule has 0 spiro atoms. The Morgan fingerprint density at radius 1 is 1.24 bits per heavy atom. The molecule has 0 radical (unpaired) electrons. The first-order valence-corrected chi connectivity index (χ1v) is 10.5. The van der Waals surface area contributed by atoms with Gasteiger partial charge in [0.05, 0.1) is 12.3 Å². The summed E-state index contributed by atoms with van der Waals surface area (Å²) in [5, 5.41) is 18.4. The molecule has 0 fully saturated rings. The number of nitrogens with one attached hydrogen (secondary N) is 3. The Morgan fingerprint density at radius 2 is 1.95 bits per heavy atom. The third-order valence-corrected chi connectivity index (χ3v) is 5.37. The maximum atomic E-state index is 15.1. The van der Waals surface area contributed by atoms with Gasteiger partial charge < -0.3 is 15.5 Å². The third-order valence-electron chi connectivity index (χ3n) is 5.37. The topological polar surface area (TPSA) is 126 Å². The number of halogens is 7. The van der Waals surface area contributed by atoms with E-state index in [4.69, 9.17) is 10.1 Å². The second-order valence-corrected chi connectivity index (χ2v) is 7.90. The van der Waals surface area contributed by atoms with Crippen LogP contribution in [0.25, 0.3) is 5.70 Å². The quantitative estimate of drug-likeness (QED) is 0.270. The van der Waals surface area contributed by atoms with Crippen molar-refractivity contribution < 1.29 is 40.3 Å². The molecule has 1 aromatic carbocycles. The smallest absolute Gasteiger partial charge is 0.416 e. The molecule has 0 aliphatic carbocycles. The minimum absolute atomic E-state index is 0.324. The number of benzene rings is 1. The van der Waals surface area contributed by atoms with Crippen LogP contribution in [0.5, 0.6) is 5.75 Å². The molecule has 2 heterocycles. The molecule has 3 N–H and O–H groups in total. The highest BCUT2D eigenvalue weighted by Gasteiger charge is 2.61. The van der Waals surface area contributed by atoms with Gasteiger partial charge in [-0.05, 0) is 42.0 Å². The Hall–Kier alpha value is -3.98. The minimum atomic E-state index is -5.31. The van der Waals surface area contributed by atoms with Crippen molar-refractivity contribution in [3.63, 3.8) is 0 Å². The molecule has 1 amide bonds. The molecular formula is C21H19F7N6O3. The van der Waals surface area contributed by atoms with Crippen LogP contribution < -0.4 is 15.7 Å². The van der Waals surface area contributed by atoms with Crippen molar-refractivity contribution in [2.45, 2.75) is 44.1 Å². The first-order valence-electron chi connectivity index (χ1n) is 10.5. The summed E-state index contributed by atoms with van der Waals surface area (Å²) in [6.07, 6.45) is -10.2. The summed E-state index contributed by atoms with van der Waals surface area (Å²) in [5.74, 6) is -3.27. The normalized spacial score (nSPS) is 18.9. The predicted octanol–water partition coefficient (Wildman–Crippen LogP) is 3.61. The van der Waals surface area contributed by atoms with Gasteiger partial charge in [-0.15, -0.1) is 0 Å². The van der Waals surface area contributed by atoms with Crippen molar-refractivity contribution in [2.75, 3.05) is 6.61 Å². The minimum Gasteiger partial charge on any atom is -0.493 e. The van der Waals surface area contributed by atoms with Gasteiger partial charge in [-0.2, -0.15) is 31.0 Å². The van der Waals surface area contributed by atoms with Crippen LogP contribution in [0.1, 0.15) is 31.7 Å². The molecule has 1 aromatic heterocycles.